The molecular weight excluding hydrogens is 745 g/mol. The van der Waals surface area contributed by atoms with Gasteiger partial charge in [0.05, 0.1) is 17.1 Å². The first-order valence-electron chi connectivity index (χ1n) is 21.4. The van der Waals surface area contributed by atoms with Crippen molar-refractivity contribution < 1.29 is 8.42 Å². The molecule has 3 N–H and O–H groups in total. The minimum atomic E-state index is -3.43. The number of aromatic nitrogens is 8. The van der Waals surface area contributed by atoms with Crippen LogP contribution >= 0.6 is 0 Å². The van der Waals surface area contributed by atoms with Gasteiger partial charge in [-0.1, -0.05) is 120 Å². The quantitative estimate of drug-likeness (QED) is 0.0646. The third-order valence-corrected chi connectivity index (χ3v) is 11.9. The van der Waals surface area contributed by atoms with Crippen LogP contribution in [0.4, 0.5) is 11.4 Å². The normalized spacial score (nSPS) is 13.0. The Bertz CT molecular complexity index is 2410. The summed E-state index contributed by atoms with van der Waals surface area (Å²) in [5.41, 5.74) is 6.89. The lowest BCUT2D eigenvalue weighted by Crippen LogP contribution is -2.22. The standard InChI is InChI=1S/C45H64N10O2S/c1-9-11-13-15-17-19-29-46-34-25-21-32(22-26-34)40-47-42-36(38(44(3,4)5)49-54(42)51-40)31-37-39(45(6,7)8)50-55-43(37)48-41(52-55)33-23-27-35(28-24-33)53-58(56,57)30-20-18-16-14-12-10-2/h21-28,31,46,50,53H,9-20,29-30H2,1-8H3. The summed E-state index contributed by atoms with van der Waals surface area (Å²) in [7, 11) is -3.43. The van der Waals surface area contributed by atoms with Gasteiger partial charge in [0.1, 0.15) is 0 Å². The molecule has 58 heavy (non-hydrogen) atoms. The highest BCUT2D eigenvalue weighted by molar-refractivity contribution is 7.92. The van der Waals surface area contributed by atoms with Crippen LogP contribution in [0.15, 0.2) is 48.5 Å². The molecule has 6 rings (SSSR count). The minimum Gasteiger partial charge on any atom is -0.385 e. The predicted octanol–water partition coefficient (Wildman–Crippen LogP) is 9.85. The molecule has 0 radical (unpaired) electrons. The first-order chi connectivity index (χ1) is 27.7. The predicted molar refractivity (Wildman–Crippen MR) is 238 cm³/mol. The van der Waals surface area contributed by atoms with Gasteiger partial charge in [0.2, 0.25) is 10.0 Å². The van der Waals surface area contributed by atoms with Gasteiger partial charge in [-0.25, -0.2) is 18.4 Å². The number of hydrogen-bond acceptors (Lipinski definition) is 8. The Morgan fingerprint density at radius 3 is 1.81 bits per heavy atom. The molecule has 0 saturated heterocycles. The van der Waals surface area contributed by atoms with E-state index in [9.17, 15) is 8.42 Å². The van der Waals surface area contributed by atoms with Crippen molar-refractivity contribution >= 4 is 38.8 Å². The number of anilines is 2. The summed E-state index contributed by atoms with van der Waals surface area (Å²) in [4.78, 5) is 10.1. The summed E-state index contributed by atoms with van der Waals surface area (Å²) >= 11 is 0. The van der Waals surface area contributed by atoms with Crippen LogP contribution in [0.5, 0.6) is 0 Å². The van der Waals surface area contributed by atoms with Crippen LogP contribution in [0, 0.1) is 0 Å². The van der Waals surface area contributed by atoms with Gasteiger partial charge in [0.15, 0.2) is 22.9 Å². The summed E-state index contributed by atoms with van der Waals surface area (Å²) in [5.74, 6) is 1.26. The highest BCUT2D eigenvalue weighted by Gasteiger charge is 2.28. The van der Waals surface area contributed by atoms with Gasteiger partial charge >= 0.3 is 0 Å². The Balaban J connectivity index is 1.26. The van der Waals surface area contributed by atoms with Gasteiger partial charge in [0, 0.05) is 50.7 Å². The Morgan fingerprint density at radius 1 is 0.655 bits per heavy atom. The van der Waals surface area contributed by atoms with E-state index in [0.29, 0.717) is 35.1 Å². The van der Waals surface area contributed by atoms with Crippen molar-refractivity contribution in [2.24, 2.45) is 0 Å². The molecule has 12 nitrogen and oxygen atoms in total. The van der Waals surface area contributed by atoms with E-state index < -0.39 is 10.0 Å². The Hall–Kier alpha value is -4.78. The Labute approximate surface area is 344 Å². The zero-order valence-corrected chi connectivity index (χ0v) is 36.8. The number of benzene rings is 2. The number of fused-ring (bicyclic) bond motifs is 2. The van der Waals surface area contributed by atoms with Crippen LogP contribution in [-0.4, -0.2) is 60.3 Å². The van der Waals surface area contributed by atoms with E-state index in [2.05, 4.69) is 101 Å². The van der Waals surface area contributed by atoms with E-state index in [-0.39, 0.29) is 16.6 Å². The minimum absolute atomic E-state index is 0.117. The molecule has 0 aliphatic heterocycles. The number of hydrogen-bond donors (Lipinski definition) is 3. The van der Waals surface area contributed by atoms with Crippen LogP contribution in [0.2, 0.25) is 0 Å². The van der Waals surface area contributed by atoms with Gasteiger partial charge in [-0.05, 0) is 67.4 Å². The first-order valence-corrected chi connectivity index (χ1v) is 23.1. The number of unbranched alkanes of at least 4 members (excludes halogenated alkanes) is 10. The van der Waals surface area contributed by atoms with Crippen molar-refractivity contribution in [2.75, 3.05) is 22.3 Å². The maximum Gasteiger partial charge on any atom is 0.232 e. The lowest BCUT2D eigenvalue weighted by molar-refractivity contribution is 0.553. The van der Waals surface area contributed by atoms with Crippen molar-refractivity contribution in [1.82, 2.24) is 39.6 Å². The zero-order valence-electron chi connectivity index (χ0n) is 36.0. The molecule has 13 heteroatoms. The molecule has 4 heterocycles. The maximum absolute atomic E-state index is 12.8. The Morgan fingerprint density at radius 2 is 1.21 bits per heavy atom. The summed E-state index contributed by atoms with van der Waals surface area (Å²) in [6.45, 7) is 18.3. The molecule has 0 fully saturated rings. The SMILES string of the molecule is CCCCCCCCNc1ccc(-c2nc3c(=Cc4c(C(C)(C)C)[nH]n5nc(-c6ccc(NS(=O)(=O)CCCCCCCC)cc6)nc45)c(C(C)(C)C)nn3n2)cc1. The zero-order chi connectivity index (χ0) is 41.5. The van der Waals surface area contributed by atoms with Gasteiger partial charge in [-0.2, -0.15) is 9.73 Å². The largest absolute Gasteiger partial charge is 0.385 e. The van der Waals surface area contributed by atoms with E-state index in [1.165, 1.54) is 51.4 Å². The number of H-pyrrole nitrogens is 1. The lowest BCUT2D eigenvalue weighted by atomic mass is 9.88. The van der Waals surface area contributed by atoms with E-state index in [1.54, 1.807) is 21.4 Å². The molecule has 0 aliphatic rings. The molecule has 312 valence electrons. The van der Waals surface area contributed by atoms with Crippen molar-refractivity contribution in [3.63, 3.8) is 0 Å². The molecule has 0 bridgehead atoms. The molecule has 0 saturated carbocycles. The monoisotopic (exact) mass is 808 g/mol. The third kappa shape index (κ3) is 10.6. The van der Waals surface area contributed by atoms with Crippen LogP contribution < -0.4 is 15.3 Å². The average molecular weight is 809 g/mol. The molecule has 0 atom stereocenters. The molecule has 4 aromatic heterocycles. The summed E-state index contributed by atoms with van der Waals surface area (Å²) in [6.07, 6.45) is 15.9. The molecule has 6 aromatic rings. The van der Waals surface area contributed by atoms with Crippen molar-refractivity contribution in [3.05, 3.63) is 70.7 Å². The van der Waals surface area contributed by atoms with Gasteiger partial charge in [-0.3, -0.25) is 9.82 Å². The summed E-state index contributed by atoms with van der Waals surface area (Å²) < 4.78 is 31.6. The fraction of sp³-hybridized carbons (Fsp3) is 0.533. The van der Waals surface area contributed by atoms with E-state index in [0.717, 1.165) is 64.8 Å². The fourth-order valence-electron chi connectivity index (χ4n) is 7.29. The second-order valence-corrected chi connectivity index (χ2v) is 19.6. The molecule has 0 spiro atoms. The topological polar surface area (TPSA) is 147 Å². The van der Waals surface area contributed by atoms with E-state index in [4.69, 9.17) is 25.3 Å². The third-order valence-electron chi connectivity index (χ3n) is 10.6. The first kappa shape index (κ1) is 42.8. The smallest absolute Gasteiger partial charge is 0.232 e. The van der Waals surface area contributed by atoms with Gasteiger partial charge in [0.25, 0.3) is 0 Å². The molecular formula is C45H64N10O2S. The van der Waals surface area contributed by atoms with Crippen LogP contribution in [0.3, 0.4) is 0 Å². The number of sulfonamides is 1. The number of aromatic amines is 1. The fourth-order valence-corrected chi connectivity index (χ4v) is 8.47. The molecule has 0 amide bonds. The Kier molecular flexibility index (Phi) is 13.6. The second-order valence-electron chi connectivity index (χ2n) is 17.8. The van der Waals surface area contributed by atoms with Crippen LogP contribution in [0.25, 0.3) is 40.1 Å². The van der Waals surface area contributed by atoms with Crippen molar-refractivity contribution in [3.8, 4) is 22.8 Å². The number of nitrogens with one attached hydrogen (secondary N) is 3. The van der Waals surface area contributed by atoms with Crippen molar-refractivity contribution in [2.45, 2.75) is 143 Å². The second kappa shape index (κ2) is 18.4. The maximum atomic E-state index is 12.8. The highest BCUT2D eigenvalue weighted by atomic mass is 32.2. The molecule has 0 aliphatic carbocycles. The van der Waals surface area contributed by atoms with E-state index >= 15 is 0 Å². The van der Waals surface area contributed by atoms with Gasteiger partial charge in [-0.15, -0.1) is 14.8 Å². The molecule has 2 aromatic carbocycles. The van der Waals surface area contributed by atoms with Crippen molar-refractivity contribution in [1.29, 1.82) is 0 Å². The summed E-state index contributed by atoms with van der Waals surface area (Å²) in [5, 5.41) is 22.6. The van der Waals surface area contributed by atoms with E-state index in [1.807, 2.05) is 12.1 Å². The summed E-state index contributed by atoms with van der Waals surface area (Å²) in [6, 6.07) is 15.6. The van der Waals surface area contributed by atoms with Crippen LogP contribution in [-0.2, 0) is 20.9 Å². The average Bonchev–Trinajstić information content (AvgIpc) is 3.94. The molecule has 0 unspecified atom stereocenters. The lowest BCUT2D eigenvalue weighted by Gasteiger charge is -2.18. The van der Waals surface area contributed by atoms with Crippen LogP contribution in [0.1, 0.15) is 149 Å². The number of nitrogens with zero attached hydrogens (tertiary/aromatic N) is 7. The highest BCUT2D eigenvalue weighted by Crippen LogP contribution is 2.30. The number of rotatable bonds is 20. The van der Waals surface area contributed by atoms with Gasteiger partial charge < -0.3 is 5.32 Å².